The van der Waals surface area contributed by atoms with Crippen molar-refractivity contribution in [1.29, 1.82) is 0 Å². The molecule has 0 heterocycles. The molecule has 0 atom stereocenters. The van der Waals surface area contributed by atoms with Crippen LogP contribution < -0.4 is 16.0 Å². The zero-order chi connectivity index (χ0) is 16.5. The van der Waals surface area contributed by atoms with E-state index >= 15 is 0 Å². The van der Waals surface area contributed by atoms with Crippen LogP contribution in [0.15, 0.2) is 18.2 Å². The van der Waals surface area contributed by atoms with E-state index in [1.165, 1.54) is 7.05 Å². The summed E-state index contributed by atoms with van der Waals surface area (Å²) in [5, 5.41) is 7.19. The Morgan fingerprint density at radius 1 is 1.09 bits per heavy atom. The number of likely N-dealkylation sites (N-methyl/N-ethyl adjacent to an activating group) is 1. The molecular weight excluding hydrogens is 296 g/mol. The van der Waals surface area contributed by atoms with Gasteiger partial charge in [0.1, 0.15) is 11.6 Å². The molecule has 0 aliphatic rings. The molecule has 1 rings (SSSR count). The average molecular weight is 313 g/mol. The minimum absolute atomic E-state index is 0.109. The Balaban J connectivity index is 2.28. The predicted molar refractivity (Wildman–Crippen MR) is 75.0 cm³/mol. The molecule has 0 aliphatic heterocycles. The van der Waals surface area contributed by atoms with E-state index in [9.17, 15) is 23.2 Å². The van der Waals surface area contributed by atoms with Crippen molar-refractivity contribution in [2.45, 2.75) is 12.8 Å². The van der Waals surface area contributed by atoms with Crippen LogP contribution in [0.5, 0.6) is 0 Å². The summed E-state index contributed by atoms with van der Waals surface area (Å²) in [7, 11) is 1.46. The summed E-state index contributed by atoms with van der Waals surface area (Å²) in [6, 6.07) is 2.67. The van der Waals surface area contributed by atoms with Crippen LogP contribution in [-0.4, -0.2) is 37.9 Å². The monoisotopic (exact) mass is 313 g/mol. The fourth-order valence-electron chi connectivity index (χ4n) is 1.58. The molecule has 0 fully saturated rings. The molecule has 0 radical (unpaired) electrons. The molecule has 3 N–H and O–H groups in total. The first kappa shape index (κ1) is 17.5. The van der Waals surface area contributed by atoms with Crippen molar-refractivity contribution in [2.24, 2.45) is 0 Å². The minimum Gasteiger partial charge on any atom is -0.358 e. The van der Waals surface area contributed by atoms with Gasteiger partial charge < -0.3 is 16.0 Å². The fraction of sp³-hybridized carbons (Fsp3) is 0.357. The van der Waals surface area contributed by atoms with Gasteiger partial charge in [0.05, 0.1) is 12.1 Å². The highest BCUT2D eigenvalue weighted by Crippen LogP contribution is 2.09. The third-order valence-electron chi connectivity index (χ3n) is 2.77. The Bertz CT molecular complexity index is 564. The van der Waals surface area contributed by atoms with Gasteiger partial charge in [0, 0.05) is 26.1 Å². The van der Waals surface area contributed by atoms with Crippen LogP contribution in [0.1, 0.15) is 23.2 Å². The van der Waals surface area contributed by atoms with E-state index in [0.717, 1.165) is 12.1 Å². The van der Waals surface area contributed by atoms with Gasteiger partial charge in [0.25, 0.3) is 5.91 Å². The number of carbonyl (C=O) groups is 3. The van der Waals surface area contributed by atoms with E-state index < -0.39 is 17.5 Å². The fourth-order valence-corrected chi connectivity index (χ4v) is 1.58. The molecule has 0 saturated heterocycles. The summed E-state index contributed by atoms with van der Waals surface area (Å²) < 4.78 is 26.1. The van der Waals surface area contributed by atoms with Crippen molar-refractivity contribution >= 4 is 17.7 Å². The van der Waals surface area contributed by atoms with Crippen LogP contribution in [0.2, 0.25) is 0 Å². The standard InChI is InChI=1S/C14H17F2N3O3/c1-17-13(21)8-19-12(20)3-2-6-18-14(22)10-5-4-9(15)7-11(10)16/h4-5,7H,2-3,6,8H2,1H3,(H,17,21)(H,18,22)(H,19,20). The Hall–Kier alpha value is -2.51. The third-order valence-corrected chi connectivity index (χ3v) is 2.77. The highest BCUT2D eigenvalue weighted by Gasteiger charge is 2.12. The van der Waals surface area contributed by atoms with Crippen LogP contribution in [0.4, 0.5) is 8.78 Å². The maximum atomic E-state index is 13.3. The number of amides is 3. The lowest BCUT2D eigenvalue weighted by atomic mass is 10.2. The number of halogens is 2. The number of rotatable bonds is 7. The summed E-state index contributed by atoms with van der Waals surface area (Å²) in [5.74, 6) is -3.02. The molecule has 22 heavy (non-hydrogen) atoms. The van der Waals surface area contributed by atoms with Crippen LogP contribution in [-0.2, 0) is 9.59 Å². The molecule has 0 saturated carbocycles. The van der Waals surface area contributed by atoms with Crippen molar-refractivity contribution in [3.8, 4) is 0 Å². The van der Waals surface area contributed by atoms with Crippen molar-refractivity contribution in [3.63, 3.8) is 0 Å². The van der Waals surface area contributed by atoms with Crippen LogP contribution in [0, 0.1) is 11.6 Å². The van der Waals surface area contributed by atoms with Gasteiger partial charge in [0.15, 0.2) is 0 Å². The second-order valence-corrected chi connectivity index (χ2v) is 4.43. The Kier molecular flexibility index (Phi) is 6.94. The molecule has 3 amide bonds. The summed E-state index contributed by atoms with van der Waals surface area (Å²) >= 11 is 0. The first-order valence-electron chi connectivity index (χ1n) is 6.64. The summed E-state index contributed by atoms with van der Waals surface area (Å²) in [6.07, 6.45) is 0.442. The molecule has 0 bridgehead atoms. The zero-order valence-electron chi connectivity index (χ0n) is 12.0. The van der Waals surface area contributed by atoms with E-state index in [-0.39, 0.29) is 36.9 Å². The van der Waals surface area contributed by atoms with Gasteiger partial charge in [-0.2, -0.15) is 0 Å². The second kappa shape index (κ2) is 8.71. The Morgan fingerprint density at radius 3 is 2.45 bits per heavy atom. The number of nitrogens with one attached hydrogen (secondary N) is 3. The second-order valence-electron chi connectivity index (χ2n) is 4.43. The lowest BCUT2D eigenvalue weighted by Gasteiger charge is -2.07. The quantitative estimate of drug-likeness (QED) is 0.634. The summed E-state index contributed by atoms with van der Waals surface area (Å²) in [4.78, 5) is 33.9. The van der Waals surface area contributed by atoms with Crippen molar-refractivity contribution in [2.75, 3.05) is 20.1 Å². The van der Waals surface area contributed by atoms with Gasteiger partial charge in [-0.25, -0.2) is 8.78 Å². The zero-order valence-corrected chi connectivity index (χ0v) is 12.0. The van der Waals surface area contributed by atoms with Gasteiger partial charge in [-0.3, -0.25) is 14.4 Å². The lowest BCUT2D eigenvalue weighted by molar-refractivity contribution is -0.125. The molecule has 1 aromatic carbocycles. The molecule has 0 spiro atoms. The number of benzene rings is 1. The van der Waals surface area contributed by atoms with E-state index in [4.69, 9.17) is 0 Å². The molecular formula is C14H17F2N3O3. The van der Waals surface area contributed by atoms with Crippen molar-refractivity contribution in [3.05, 3.63) is 35.4 Å². The average Bonchev–Trinajstić information content (AvgIpc) is 2.48. The first-order valence-corrected chi connectivity index (χ1v) is 6.64. The highest BCUT2D eigenvalue weighted by molar-refractivity contribution is 5.94. The smallest absolute Gasteiger partial charge is 0.254 e. The maximum Gasteiger partial charge on any atom is 0.254 e. The lowest BCUT2D eigenvalue weighted by Crippen LogP contribution is -2.35. The topological polar surface area (TPSA) is 87.3 Å². The molecule has 0 unspecified atom stereocenters. The normalized spacial score (nSPS) is 9.95. The third kappa shape index (κ3) is 5.86. The van der Waals surface area contributed by atoms with Gasteiger partial charge in [0.2, 0.25) is 11.8 Å². The Morgan fingerprint density at radius 2 is 1.82 bits per heavy atom. The minimum atomic E-state index is -0.944. The van der Waals surface area contributed by atoms with E-state index in [1.54, 1.807) is 0 Å². The Labute approximate surface area is 126 Å². The SMILES string of the molecule is CNC(=O)CNC(=O)CCCNC(=O)c1ccc(F)cc1F. The number of carbonyl (C=O) groups excluding carboxylic acids is 3. The number of hydrogen-bond donors (Lipinski definition) is 3. The van der Waals surface area contributed by atoms with Gasteiger partial charge in [-0.15, -0.1) is 0 Å². The molecule has 120 valence electrons. The predicted octanol–water partition coefficient (Wildman–Crippen LogP) is 0.337. The highest BCUT2D eigenvalue weighted by atomic mass is 19.1. The first-order chi connectivity index (χ1) is 10.4. The van der Waals surface area contributed by atoms with Crippen LogP contribution >= 0.6 is 0 Å². The summed E-state index contributed by atoms with van der Waals surface area (Å²) in [5.41, 5.74) is -0.259. The van der Waals surface area contributed by atoms with E-state index in [1.807, 2.05) is 0 Å². The van der Waals surface area contributed by atoms with Crippen LogP contribution in [0.3, 0.4) is 0 Å². The largest absolute Gasteiger partial charge is 0.358 e. The molecule has 0 aromatic heterocycles. The molecule has 6 nitrogen and oxygen atoms in total. The van der Waals surface area contributed by atoms with E-state index in [0.29, 0.717) is 12.5 Å². The van der Waals surface area contributed by atoms with Crippen molar-refractivity contribution in [1.82, 2.24) is 16.0 Å². The maximum absolute atomic E-state index is 13.3. The van der Waals surface area contributed by atoms with Crippen LogP contribution in [0.25, 0.3) is 0 Å². The van der Waals surface area contributed by atoms with Gasteiger partial charge >= 0.3 is 0 Å². The van der Waals surface area contributed by atoms with E-state index in [2.05, 4.69) is 16.0 Å². The van der Waals surface area contributed by atoms with Gasteiger partial charge in [-0.1, -0.05) is 0 Å². The molecule has 1 aromatic rings. The van der Waals surface area contributed by atoms with Gasteiger partial charge in [-0.05, 0) is 18.6 Å². The van der Waals surface area contributed by atoms with Crippen molar-refractivity contribution < 1.29 is 23.2 Å². The molecule has 8 heteroatoms. The number of hydrogen-bond acceptors (Lipinski definition) is 3. The molecule has 0 aliphatic carbocycles. The summed E-state index contributed by atoms with van der Waals surface area (Å²) in [6.45, 7) is 0.0471.